The Labute approximate surface area is 156 Å². The van der Waals surface area contributed by atoms with Crippen molar-refractivity contribution >= 4 is 42.6 Å². The predicted octanol–water partition coefficient (Wildman–Crippen LogP) is 2.04. The van der Waals surface area contributed by atoms with Crippen LogP contribution in [0, 0.1) is 0 Å². The molecule has 0 spiro atoms. The van der Waals surface area contributed by atoms with Gasteiger partial charge in [0.15, 0.2) is 5.52 Å². The van der Waals surface area contributed by atoms with Crippen LogP contribution in [0.4, 0.5) is 0 Å². The van der Waals surface area contributed by atoms with Crippen LogP contribution in [0.2, 0.25) is 10.0 Å². The van der Waals surface area contributed by atoms with E-state index >= 15 is 0 Å². The third-order valence-electron chi connectivity index (χ3n) is 2.67. The minimum absolute atomic E-state index is 0. The summed E-state index contributed by atoms with van der Waals surface area (Å²) in [5.41, 5.74) is 0.324. The van der Waals surface area contributed by atoms with E-state index in [-0.39, 0.29) is 40.5 Å². The van der Waals surface area contributed by atoms with E-state index in [0.717, 1.165) is 11.1 Å². The molecule has 0 bridgehead atoms. The van der Waals surface area contributed by atoms with Gasteiger partial charge in [-0.2, -0.15) is 0 Å². The molecular formula is C16H16Cl2LiO2P. The third kappa shape index (κ3) is 5.31. The molecule has 2 aromatic carbocycles. The number of carbonyl (C=O) groups excluding carboxylic acids is 1. The molecule has 0 N–H and O–H groups in total. The average Bonchev–Trinajstić information content (AvgIpc) is 2.40. The summed E-state index contributed by atoms with van der Waals surface area (Å²) in [4.78, 5) is 12.3. The number of carbonyl (C=O) groups is 1. The molecule has 2 aromatic rings. The Balaban J connectivity index is 0.00000242. The molecule has 0 aliphatic carbocycles. The van der Waals surface area contributed by atoms with Gasteiger partial charge in [-0.1, -0.05) is 41.4 Å². The standard InChI is InChI=1S/C16H15Cl2O2P.Li.H/c1-10(2)20-11-6-8-12(9-7-11)21-16(19)15-13(17)4-3-5-14(15)18;;/h3-10,21H,1-2H3;;/q;+1;-1. The van der Waals surface area contributed by atoms with E-state index in [0.29, 0.717) is 15.6 Å². The van der Waals surface area contributed by atoms with E-state index in [1.54, 1.807) is 18.2 Å². The number of ether oxygens (including phenoxy) is 1. The molecule has 6 heteroatoms. The molecule has 0 heterocycles. The number of halogens is 2. The predicted molar refractivity (Wildman–Crippen MR) is 92.1 cm³/mol. The Morgan fingerprint density at radius 1 is 1.09 bits per heavy atom. The van der Waals surface area contributed by atoms with Gasteiger partial charge in [-0.05, 0) is 52.0 Å². The monoisotopic (exact) mass is 348 g/mol. The van der Waals surface area contributed by atoms with Crippen molar-refractivity contribution in [2.24, 2.45) is 0 Å². The molecule has 1 atom stereocenters. The van der Waals surface area contributed by atoms with Gasteiger partial charge in [-0.25, -0.2) is 0 Å². The van der Waals surface area contributed by atoms with Crippen molar-refractivity contribution in [2.45, 2.75) is 20.0 Å². The van der Waals surface area contributed by atoms with E-state index in [2.05, 4.69) is 0 Å². The quantitative estimate of drug-likeness (QED) is 0.610. The van der Waals surface area contributed by atoms with Crippen molar-refractivity contribution in [3.8, 4) is 5.75 Å². The molecule has 22 heavy (non-hydrogen) atoms. The number of rotatable bonds is 5. The minimum atomic E-state index is -0.0665. The minimum Gasteiger partial charge on any atom is -1.00 e. The van der Waals surface area contributed by atoms with E-state index in [9.17, 15) is 4.79 Å². The van der Waals surface area contributed by atoms with Gasteiger partial charge in [0.1, 0.15) is 5.75 Å². The van der Waals surface area contributed by atoms with Gasteiger partial charge in [-0.15, -0.1) is 0 Å². The van der Waals surface area contributed by atoms with Gasteiger partial charge in [0.25, 0.3) is 0 Å². The van der Waals surface area contributed by atoms with Gasteiger partial charge in [0, 0.05) is 0 Å². The summed E-state index contributed by atoms with van der Waals surface area (Å²) in [6.45, 7) is 3.94. The Morgan fingerprint density at radius 2 is 1.64 bits per heavy atom. The normalized spacial score (nSPS) is 10.8. The first kappa shape index (κ1) is 19.6. The topological polar surface area (TPSA) is 26.3 Å². The van der Waals surface area contributed by atoms with Crippen molar-refractivity contribution in [1.29, 1.82) is 0 Å². The summed E-state index contributed by atoms with van der Waals surface area (Å²) in [7, 11) is -0.0226. The molecule has 0 aromatic heterocycles. The van der Waals surface area contributed by atoms with Crippen LogP contribution in [0.5, 0.6) is 5.75 Å². The van der Waals surface area contributed by atoms with Gasteiger partial charge in [0.05, 0.1) is 21.7 Å². The number of hydrogen-bond acceptors (Lipinski definition) is 2. The van der Waals surface area contributed by atoms with Crippen LogP contribution in [-0.2, 0) is 0 Å². The molecular weight excluding hydrogens is 333 g/mol. The molecule has 0 amide bonds. The van der Waals surface area contributed by atoms with Crippen LogP contribution in [0.15, 0.2) is 42.5 Å². The van der Waals surface area contributed by atoms with E-state index in [1.807, 2.05) is 38.1 Å². The van der Waals surface area contributed by atoms with E-state index < -0.39 is 0 Å². The van der Waals surface area contributed by atoms with Crippen molar-refractivity contribution in [3.63, 3.8) is 0 Å². The molecule has 0 aliphatic heterocycles. The summed E-state index contributed by atoms with van der Waals surface area (Å²) in [6.07, 6.45) is 0.127. The molecule has 1 unspecified atom stereocenters. The smallest absolute Gasteiger partial charge is 1.00 e. The Bertz CT molecular complexity index is 631. The van der Waals surface area contributed by atoms with Crippen LogP contribution >= 0.6 is 31.8 Å². The van der Waals surface area contributed by atoms with Crippen LogP contribution in [0.1, 0.15) is 25.6 Å². The SMILES string of the molecule is CC(C)Oc1ccc(PC(=O)c2c(Cl)cccc2Cl)cc1.[H-].[Li+]. The molecule has 2 nitrogen and oxygen atoms in total. The summed E-state index contributed by atoms with van der Waals surface area (Å²) in [5.74, 6) is 0.793. The molecule has 0 radical (unpaired) electrons. The maximum Gasteiger partial charge on any atom is 1.00 e. The Hall–Kier alpha value is -0.483. The Morgan fingerprint density at radius 3 is 2.14 bits per heavy atom. The fraction of sp³-hybridized carbons (Fsp3) is 0.188. The molecule has 0 saturated heterocycles. The average molecular weight is 349 g/mol. The first-order valence-electron chi connectivity index (χ1n) is 6.49. The van der Waals surface area contributed by atoms with Crippen molar-refractivity contribution in [2.75, 3.05) is 0 Å². The van der Waals surface area contributed by atoms with Crippen molar-refractivity contribution < 1.29 is 29.8 Å². The zero-order chi connectivity index (χ0) is 15.4. The fourth-order valence-electron chi connectivity index (χ4n) is 1.80. The summed E-state index contributed by atoms with van der Waals surface area (Å²) >= 11 is 12.1. The Kier molecular flexibility index (Phi) is 7.98. The second-order valence-corrected chi connectivity index (χ2v) is 6.84. The largest absolute Gasteiger partial charge is 1.00 e. The fourth-order valence-corrected chi connectivity index (χ4v) is 3.51. The second kappa shape index (κ2) is 8.97. The van der Waals surface area contributed by atoms with Gasteiger partial charge in [0.2, 0.25) is 0 Å². The van der Waals surface area contributed by atoms with Crippen LogP contribution in [-0.4, -0.2) is 11.6 Å². The van der Waals surface area contributed by atoms with Crippen LogP contribution < -0.4 is 28.9 Å². The van der Waals surface area contributed by atoms with Gasteiger partial charge < -0.3 is 6.16 Å². The van der Waals surface area contributed by atoms with Crippen molar-refractivity contribution in [3.05, 3.63) is 58.1 Å². The maximum atomic E-state index is 12.3. The molecule has 112 valence electrons. The number of hydrogen-bond donors (Lipinski definition) is 0. The van der Waals surface area contributed by atoms with E-state index in [4.69, 9.17) is 27.9 Å². The van der Waals surface area contributed by atoms with Crippen molar-refractivity contribution in [1.82, 2.24) is 0 Å². The molecule has 0 aliphatic rings. The van der Waals surface area contributed by atoms with Gasteiger partial charge in [-0.3, -0.25) is 4.79 Å². The molecule has 0 fully saturated rings. The molecule has 0 saturated carbocycles. The zero-order valence-corrected chi connectivity index (χ0v) is 15.2. The maximum absolute atomic E-state index is 12.3. The van der Waals surface area contributed by atoms with Gasteiger partial charge >= 0.3 is 18.9 Å². The van der Waals surface area contributed by atoms with E-state index in [1.165, 1.54) is 0 Å². The van der Waals surface area contributed by atoms with Crippen LogP contribution in [0.25, 0.3) is 0 Å². The third-order valence-corrected chi connectivity index (χ3v) is 4.40. The zero-order valence-electron chi connectivity index (χ0n) is 13.7. The van der Waals surface area contributed by atoms with Crippen LogP contribution in [0.3, 0.4) is 0 Å². The summed E-state index contributed by atoms with van der Waals surface area (Å²) < 4.78 is 5.57. The second-order valence-electron chi connectivity index (χ2n) is 4.74. The first-order valence-corrected chi connectivity index (χ1v) is 8.25. The summed E-state index contributed by atoms with van der Waals surface area (Å²) in [6, 6.07) is 12.6. The first-order chi connectivity index (χ1) is 9.97. The molecule has 2 rings (SSSR count). The summed E-state index contributed by atoms with van der Waals surface area (Å²) in [5, 5.41) is 1.70. The number of benzene rings is 2.